The second kappa shape index (κ2) is 5.75. The molecule has 0 atom stereocenters. The molecule has 2 heterocycles. The first-order valence-corrected chi connectivity index (χ1v) is 7.75. The van der Waals surface area contributed by atoms with Gasteiger partial charge >= 0.3 is 0 Å². The van der Waals surface area contributed by atoms with E-state index < -0.39 is 0 Å². The fraction of sp³-hybridized carbons (Fsp3) is 0.417. The Bertz CT molecular complexity index is 624. The smallest absolute Gasteiger partial charge is 0.230 e. The van der Waals surface area contributed by atoms with Gasteiger partial charge in [-0.25, -0.2) is 9.97 Å². The first kappa shape index (κ1) is 14.1. The van der Waals surface area contributed by atoms with Crippen LogP contribution in [0.1, 0.15) is 17.4 Å². The summed E-state index contributed by atoms with van der Waals surface area (Å²) in [6.45, 7) is 6.59. The molecule has 0 aromatic carbocycles. The van der Waals surface area contributed by atoms with Crippen molar-refractivity contribution in [3.63, 3.8) is 0 Å². The van der Waals surface area contributed by atoms with Crippen LogP contribution in [0.4, 0.5) is 5.82 Å². The second-order valence-electron chi connectivity index (χ2n) is 4.10. The Kier molecular flexibility index (Phi) is 4.26. The van der Waals surface area contributed by atoms with Crippen LogP contribution in [0.2, 0.25) is 0 Å². The number of carbonyl (C=O) groups is 1. The van der Waals surface area contributed by atoms with Crippen molar-refractivity contribution in [1.29, 1.82) is 0 Å². The van der Waals surface area contributed by atoms with Gasteiger partial charge in [-0.3, -0.25) is 4.79 Å². The van der Waals surface area contributed by atoms with E-state index in [4.69, 9.17) is 5.73 Å². The number of hydrogen-bond donors (Lipinski definition) is 2. The van der Waals surface area contributed by atoms with Crippen LogP contribution in [0, 0.1) is 13.8 Å². The summed E-state index contributed by atoms with van der Waals surface area (Å²) in [5.74, 6) is 0.779. The average Bonchev–Trinajstić information content (AvgIpc) is 2.63. The number of nitrogens with two attached hydrogens (primary N) is 1. The summed E-state index contributed by atoms with van der Waals surface area (Å²) in [7, 11) is 0. The number of hydrogen-bond acceptors (Lipinski definition) is 6. The van der Waals surface area contributed by atoms with Crippen molar-refractivity contribution in [3.05, 3.63) is 10.4 Å². The van der Waals surface area contributed by atoms with Gasteiger partial charge in [0.05, 0.1) is 11.1 Å². The lowest BCUT2D eigenvalue weighted by Gasteiger charge is -2.03. The zero-order chi connectivity index (χ0) is 14.0. The quantitative estimate of drug-likeness (QED) is 0.667. The molecule has 3 N–H and O–H groups in total. The molecular formula is C12H16N4OS2. The molecule has 0 saturated heterocycles. The van der Waals surface area contributed by atoms with Crippen LogP contribution in [0.15, 0.2) is 5.16 Å². The highest BCUT2D eigenvalue weighted by molar-refractivity contribution is 7.99. The van der Waals surface area contributed by atoms with Gasteiger partial charge in [0, 0.05) is 11.4 Å². The highest BCUT2D eigenvalue weighted by Gasteiger charge is 2.13. The number of carbonyl (C=O) groups excluding carboxylic acids is 1. The molecule has 0 aliphatic carbocycles. The van der Waals surface area contributed by atoms with E-state index in [2.05, 4.69) is 15.3 Å². The number of amides is 1. The van der Waals surface area contributed by atoms with E-state index in [0.29, 0.717) is 23.3 Å². The van der Waals surface area contributed by atoms with Crippen LogP contribution in [0.3, 0.4) is 0 Å². The van der Waals surface area contributed by atoms with Gasteiger partial charge in [-0.05, 0) is 26.3 Å². The van der Waals surface area contributed by atoms with Gasteiger partial charge < -0.3 is 11.1 Å². The molecule has 2 rings (SSSR count). The largest absolute Gasteiger partial charge is 0.383 e. The Morgan fingerprint density at radius 3 is 2.84 bits per heavy atom. The molecule has 0 saturated carbocycles. The Morgan fingerprint density at radius 2 is 2.16 bits per heavy atom. The zero-order valence-corrected chi connectivity index (χ0v) is 12.7. The van der Waals surface area contributed by atoms with Gasteiger partial charge in [-0.15, -0.1) is 11.3 Å². The lowest BCUT2D eigenvalue weighted by Crippen LogP contribution is -2.24. The summed E-state index contributed by atoms with van der Waals surface area (Å²) in [5, 5.41) is 4.23. The third kappa shape index (κ3) is 2.98. The summed E-state index contributed by atoms with van der Waals surface area (Å²) < 4.78 is 0. The van der Waals surface area contributed by atoms with Crippen LogP contribution in [-0.4, -0.2) is 28.2 Å². The summed E-state index contributed by atoms with van der Waals surface area (Å²) in [6.07, 6.45) is 0. The van der Waals surface area contributed by atoms with Crippen molar-refractivity contribution in [2.24, 2.45) is 0 Å². The fourth-order valence-electron chi connectivity index (χ4n) is 1.70. The molecule has 0 bridgehead atoms. The predicted octanol–water partition coefficient (Wildman–Crippen LogP) is 2.12. The van der Waals surface area contributed by atoms with E-state index in [0.717, 1.165) is 15.8 Å². The first-order chi connectivity index (χ1) is 9.02. The fourth-order valence-corrected chi connectivity index (χ4v) is 3.48. The van der Waals surface area contributed by atoms with Crippen LogP contribution in [-0.2, 0) is 4.79 Å². The third-order valence-corrected chi connectivity index (χ3v) is 4.69. The molecule has 2 aromatic rings. The lowest BCUT2D eigenvalue weighted by molar-refractivity contribution is -0.118. The van der Waals surface area contributed by atoms with E-state index in [1.54, 1.807) is 11.3 Å². The Labute approximate surface area is 120 Å². The number of nitrogen functional groups attached to an aromatic ring is 1. The van der Waals surface area contributed by atoms with Crippen molar-refractivity contribution in [2.45, 2.75) is 25.9 Å². The average molecular weight is 296 g/mol. The number of fused-ring (bicyclic) bond motifs is 1. The minimum Gasteiger partial charge on any atom is -0.383 e. The van der Waals surface area contributed by atoms with Crippen molar-refractivity contribution in [1.82, 2.24) is 15.3 Å². The molecule has 0 radical (unpaired) electrons. The van der Waals surface area contributed by atoms with Gasteiger partial charge in [-0.1, -0.05) is 11.8 Å². The number of nitrogens with one attached hydrogen (secondary N) is 1. The maximum Gasteiger partial charge on any atom is 0.230 e. The molecule has 1 amide bonds. The summed E-state index contributed by atoms with van der Waals surface area (Å²) >= 11 is 2.91. The monoisotopic (exact) mass is 296 g/mol. The summed E-state index contributed by atoms with van der Waals surface area (Å²) in [6, 6.07) is 0. The number of aryl methyl sites for hydroxylation is 2. The molecule has 7 heteroatoms. The Balaban J connectivity index is 2.24. The standard InChI is InChI=1S/C12H16N4OS2/c1-4-14-8(17)5-18-12-15-10(13)9-6(2)7(3)19-11(9)16-12/h4-5H2,1-3H3,(H,14,17)(H2,13,15,16). The van der Waals surface area contributed by atoms with E-state index in [1.165, 1.54) is 16.6 Å². The van der Waals surface area contributed by atoms with E-state index in [9.17, 15) is 4.79 Å². The maximum absolute atomic E-state index is 11.4. The number of anilines is 1. The Morgan fingerprint density at radius 1 is 1.42 bits per heavy atom. The van der Waals surface area contributed by atoms with Crippen molar-refractivity contribution >= 4 is 45.0 Å². The molecule has 0 aliphatic heterocycles. The minimum atomic E-state index is -0.0201. The van der Waals surface area contributed by atoms with Crippen LogP contribution >= 0.6 is 23.1 Å². The molecule has 0 aliphatic rings. The van der Waals surface area contributed by atoms with E-state index >= 15 is 0 Å². The normalized spacial score (nSPS) is 10.9. The van der Waals surface area contributed by atoms with E-state index in [1.807, 2.05) is 20.8 Å². The Hall–Kier alpha value is -1.34. The van der Waals surface area contributed by atoms with Gasteiger partial charge in [0.2, 0.25) is 5.91 Å². The number of aromatic nitrogens is 2. The number of rotatable bonds is 4. The third-order valence-electron chi connectivity index (χ3n) is 2.74. The zero-order valence-electron chi connectivity index (χ0n) is 11.1. The van der Waals surface area contributed by atoms with Crippen LogP contribution in [0.5, 0.6) is 0 Å². The van der Waals surface area contributed by atoms with Gasteiger partial charge in [-0.2, -0.15) is 0 Å². The summed E-state index contributed by atoms with van der Waals surface area (Å²) in [4.78, 5) is 22.2. The topological polar surface area (TPSA) is 80.9 Å². The van der Waals surface area contributed by atoms with Gasteiger partial charge in [0.1, 0.15) is 10.6 Å². The molecule has 0 unspecified atom stereocenters. The summed E-state index contributed by atoms with van der Waals surface area (Å²) in [5.41, 5.74) is 7.11. The maximum atomic E-state index is 11.4. The second-order valence-corrected chi connectivity index (χ2v) is 6.24. The molecule has 0 fully saturated rings. The molecule has 19 heavy (non-hydrogen) atoms. The van der Waals surface area contributed by atoms with Gasteiger partial charge in [0.25, 0.3) is 0 Å². The van der Waals surface area contributed by atoms with Crippen molar-refractivity contribution in [3.8, 4) is 0 Å². The number of nitrogens with zero attached hydrogens (tertiary/aromatic N) is 2. The molecule has 5 nitrogen and oxygen atoms in total. The molecule has 102 valence electrons. The molecular weight excluding hydrogens is 280 g/mol. The van der Waals surface area contributed by atoms with Crippen LogP contribution in [0.25, 0.3) is 10.2 Å². The number of thiophene rings is 1. The van der Waals surface area contributed by atoms with Gasteiger partial charge in [0.15, 0.2) is 5.16 Å². The number of thioether (sulfide) groups is 1. The van der Waals surface area contributed by atoms with Crippen molar-refractivity contribution < 1.29 is 4.79 Å². The minimum absolute atomic E-state index is 0.0201. The highest BCUT2D eigenvalue weighted by atomic mass is 32.2. The highest BCUT2D eigenvalue weighted by Crippen LogP contribution is 2.33. The first-order valence-electron chi connectivity index (χ1n) is 5.95. The van der Waals surface area contributed by atoms with Crippen LogP contribution < -0.4 is 11.1 Å². The predicted molar refractivity (Wildman–Crippen MR) is 80.7 cm³/mol. The molecule has 2 aromatic heterocycles. The van der Waals surface area contributed by atoms with E-state index in [-0.39, 0.29) is 5.91 Å². The van der Waals surface area contributed by atoms with Crippen molar-refractivity contribution in [2.75, 3.05) is 18.0 Å². The molecule has 0 spiro atoms. The lowest BCUT2D eigenvalue weighted by atomic mass is 10.2. The SMILES string of the molecule is CCNC(=O)CSc1nc(N)c2c(C)c(C)sc2n1.